The Bertz CT molecular complexity index is 417. The van der Waals surface area contributed by atoms with Crippen LogP contribution in [-0.2, 0) is 0 Å². The molecular weight excluding hydrogens is 299 g/mol. The molecule has 0 bridgehead atoms. The van der Waals surface area contributed by atoms with E-state index in [0.717, 1.165) is 18.7 Å². The lowest BCUT2D eigenvalue weighted by Crippen LogP contribution is -2.56. The average molecular weight is 321 g/mol. The topological polar surface area (TPSA) is 66.9 Å². The van der Waals surface area contributed by atoms with E-state index in [4.69, 9.17) is 0 Å². The lowest BCUT2D eigenvalue weighted by Gasteiger charge is -2.35. The van der Waals surface area contributed by atoms with E-state index in [1.807, 2.05) is 6.92 Å². The van der Waals surface area contributed by atoms with Crippen LogP contribution in [0.25, 0.3) is 0 Å². The second kappa shape index (κ2) is 8.39. The standard InChI is InChI=1S/C13H20N4O.2ClH/c1-8-4-5-14-10(3)12(8)17-13(18)11-7-15-9(2)6-16-11;;/h6-8,10,12,14H,4-5H2,1-3H3,(H,17,18);2*1H. The highest BCUT2D eigenvalue weighted by molar-refractivity contribution is 5.92. The van der Waals surface area contributed by atoms with Gasteiger partial charge in [-0.25, -0.2) is 4.98 Å². The molecule has 1 fully saturated rings. The number of halogens is 2. The van der Waals surface area contributed by atoms with Gasteiger partial charge in [-0.05, 0) is 32.7 Å². The molecule has 0 radical (unpaired) electrons. The monoisotopic (exact) mass is 320 g/mol. The third kappa shape index (κ3) is 4.58. The molecule has 0 spiro atoms. The SMILES string of the molecule is Cc1cnc(C(=O)NC2C(C)CCNC2C)cn1.Cl.Cl. The quantitative estimate of drug-likeness (QED) is 0.871. The highest BCUT2D eigenvalue weighted by Gasteiger charge is 2.29. The second-order valence-corrected chi connectivity index (χ2v) is 5.05. The summed E-state index contributed by atoms with van der Waals surface area (Å²) < 4.78 is 0. The van der Waals surface area contributed by atoms with Crippen molar-refractivity contribution in [3.63, 3.8) is 0 Å². The number of carbonyl (C=O) groups excluding carboxylic acids is 1. The summed E-state index contributed by atoms with van der Waals surface area (Å²) in [6, 6.07) is 0.436. The van der Waals surface area contributed by atoms with E-state index >= 15 is 0 Å². The molecule has 0 aromatic carbocycles. The Balaban J connectivity index is 0.00000180. The fraction of sp³-hybridized carbons (Fsp3) is 0.615. The Morgan fingerprint density at radius 2 is 2.00 bits per heavy atom. The van der Waals surface area contributed by atoms with Gasteiger partial charge < -0.3 is 10.6 Å². The van der Waals surface area contributed by atoms with Crippen LogP contribution >= 0.6 is 24.8 Å². The lowest BCUT2D eigenvalue weighted by atomic mass is 9.89. The maximum atomic E-state index is 12.1. The molecule has 5 nitrogen and oxygen atoms in total. The van der Waals surface area contributed by atoms with Gasteiger partial charge in [0.05, 0.1) is 11.9 Å². The Morgan fingerprint density at radius 1 is 1.30 bits per heavy atom. The van der Waals surface area contributed by atoms with Crippen LogP contribution in [0.15, 0.2) is 12.4 Å². The van der Waals surface area contributed by atoms with E-state index < -0.39 is 0 Å². The molecule has 114 valence electrons. The van der Waals surface area contributed by atoms with Crippen molar-refractivity contribution in [1.29, 1.82) is 0 Å². The van der Waals surface area contributed by atoms with E-state index in [1.165, 1.54) is 6.20 Å². The molecule has 3 unspecified atom stereocenters. The number of aromatic nitrogens is 2. The highest BCUT2D eigenvalue weighted by atomic mass is 35.5. The lowest BCUT2D eigenvalue weighted by molar-refractivity contribution is 0.0892. The van der Waals surface area contributed by atoms with Crippen LogP contribution in [0.4, 0.5) is 0 Å². The number of amides is 1. The number of carbonyl (C=O) groups is 1. The molecule has 2 rings (SSSR count). The molecule has 1 aliphatic rings. The summed E-state index contributed by atoms with van der Waals surface area (Å²) in [5.41, 5.74) is 1.19. The van der Waals surface area contributed by atoms with Crippen molar-refractivity contribution in [3.8, 4) is 0 Å². The zero-order valence-corrected chi connectivity index (χ0v) is 13.6. The predicted molar refractivity (Wildman–Crippen MR) is 83.8 cm³/mol. The summed E-state index contributed by atoms with van der Waals surface area (Å²) in [6.07, 6.45) is 4.21. The van der Waals surface area contributed by atoms with Gasteiger partial charge in [0.25, 0.3) is 5.91 Å². The number of piperidine rings is 1. The first-order valence-electron chi connectivity index (χ1n) is 6.41. The van der Waals surface area contributed by atoms with Crippen LogP contribution in [0.1, 0.15) is 36.5 Å². The van der Waals surface area contributed by atoms with Gasteiger partial charge in [-0.2, -0.15) is 0 Å². The summed E-state index contributed by atoms with van der Waals surface area (Å²) in [5.74, 6) is 0.332. The van der Waals surface area contributed by atoms with Crippen LogP contribution in [0.3, 0.4) is 0 Å². The Labute approximate surface area is 132 Å². The summed E-state index contributed by atoms with van der Waals surface area (Å²) in [6.45, 7) is 7.13. The normalized spacial score (nSPS) is 25.1. The summed E-state index contributed by atoms with van der Waals surface area (Å²) in [5, 5.41) is 6.43. The number of hydrogen-bond donors (Lipinski definition) is 2. The van der Waals surface area contributed by atoms with Crippen molar-refractivity contribution in [2.24, 2.45) is 5.92 Å². The van der Waals surface area contributed by atoms with Crippen molar-refractivity contribution in [3.05, 3.63) is 23.8 Å². The van der Waals surface area contributed by atoms with E-state index in [1.54, 1.807) is 6.20 Å². The second-order valence-electron chi connectivity index (χ2n) is 5.05. The molecule has 1 aliphatic heterocycles. The molecule has 0 saturated carbocycles. The summed E-state index contributed by atoms with van der Waals surface area (Å²) in [4.78, 5) is 20.3. The first kappa shape index (κ1) is 19.1. The molecule has 2 N–H and O–H groups in total. The summed E-state index contributed by atoms with van der Waals surface area (Å²) in [7, 11) is 0. The molecule has 3 atom stereocenters. The number of hydrogen-bond acceptors (Lipinski definition) is 4. The molecule has 2 heterocycles. The Hall–Kier alpha value is -0.910. The van der Waals surface area contributed by atoms with Gasteiger partial charge in [0.2, 0.25) is 0 Å². The van der Waals surface area contributed by atoms with Crippen LogP contribution in [0, 0.1) is 12.8 Å². The maximum Gasteiger partial charge on any atom is 0.271 e. The van der Waals surface area contributed by atoms with Crippen molar-refractivity contribution in [2.45, 2.75) is 39.3 Å². The minimum atomic E-state index is -0.144. The molecule has 1 saturated heterocycles. The van der Waals surface area contributed by atoms with Gasteiger partial charge in [-0.3, -0.25) is 9.78 Å². The van der Waals surface area contributed by atoms with Gasteiger partial charge in [0, 0.05) is 18.3 Å². The van der Waals surface area contributed by atoms with E-state index in [-0.39, 0.29) is 42.8 Å². The van der Waals surface area contributed by atoms with Crippen molar-refractivity contribution < 1.29 is 4.79 Å². The molecule has 20 heavy (non-hydrogen) atoms. The molecular formula is C13H22Cl2N4O. The molecule has 1 aromatic rings. The zero-order chi connectivity index (χ0) is 13.1. The minimum absolute atomic E-state index is 0. The average Bonchev–Trinajstić information content (AvgIpc) is 2.34. The number of aryl methyl sites for hydroxylation is 1. The number of nitrogens with one attached hydrogen (secondary N) is 2. The first-order chi connectivity index (χ1) is 8.58. The van der Waals surface area contributed by atoms with Crippen molar-refractivity contribution in [2.75, 3.05) is 6.54 Å². The fourth-order valence-electron chi connectivity index (χ4n) is 2.34. The zero-order valence-electron chi connectivity index (χ0n) is 11.9. The maximum absolute atomic E-state index is 12.1. The predicted octanol–water partition coefficient (Wildman–Crippen LogP) is 1.74. The van der Waals surface area contributed by atoms with E-state index in [0.29, 0.717) is 11.6 Å². The van der Waals surface area contributed by atoms with Crippen LogP contribution in [0.5, 0.6) is 0 Å². The number of nitrogens with zero attached hydrogens (tertiary/aromatic N) is 2. The number of rotatable bonds is 2. The van der Waals surface area contributed by atoms with Gasteiger partial charge in [-0.15, -0.1) is 24.8 Å². The van der Waals surface area contributed by atoms with Gasteiger partial charge >= 0.3 is 0 Å². The highest BCUT2D eigenvalue weighted by Crippen LogP contribution is 2.16. The third-order valence-electron chi connectivity index (χ3n) is 3.53. The third-order valence-corrected chi connectivity index (χ3v) is 3.53. The van der Waals surface area contributed by atoms with Crippen LogP contribution < -0.4 is 10.6 Å². The summed E-state index contributed by atoms with van der Waals surface area (Å²) >= 11 is 0. The van der Waals surface area contributed by atoms with E-state index in [2.05, 4.69) is 34.4 Å². The van der Waals surface area contributed by atoms with Gasteiger partial charge in [0.15, 0.2) is 0 Å². The fourth-order valence-corrected chi connectivity index (χ4v) is 2.34. The smallest absolute Gasteiger partial charge is 0.271 e. The minimum Gasteiger partial charge on any atom is -0.346 e. The largest absolute Gasteiger partial charge is 0.346 e. The Morgan fingerprint density at radius 3 is 2.55 bits per heavy atom. The van der Waals surface area contributed by atoms with Crippen LogP contribution in [-0.4, -0.2) is 34.5 Å². The Kier molecular flexibility index (Phi) is 8.01. The van der Waals surface area contributed by atoms with Crippen molar-refractivity contribution in [1.82, 2.24) is 20.6 Å². The van der Waals surface area contributed by atoms with E-state index in [9.17, 15) is 4.79 Å². The van der Waals surface area contributed by atoms with Gasteiger partial charge in [0.1, 0.15) is 5.69 Å². The molecule has 1 amide bonds. The van der Waals surface area contributed by atoms with Crippen LogP contribution in [0.2, 0.25) is 0 Å². The van der Waals surface area contributed by atoms with Gasteiger partial charge in [-0.1, -0.05) is 6.92 Å². The molecule has 7 heteroatoms. The van der Waals surface area contributed by atoms with Crippen molar-refractivity contribution >= 4 is 30.7 Å². The molecule has 0 aliphatic carbocycles. The molecule has 1 aromatic heterocycles. The first-order valence-corrected chi connectivity index (χ1v) is 6.41.